The molecule has 0 bridgehead atoms. The average molecular weight is 477 g/mol. The maximum Gasteiger partial charge on any atom is 0.414 e. The van der Waals surface area contributed by atoms with Crippen LogP contribution in [0.15, 0.2) is 0 Å². The van der Waals surface area contributed by atoms with Crippen LogP contribution < -0.4 is 0 Å². The number of rotatable bonds is 4. The lowest BCUT2D eigenvalue weighted by Crippen LogP contribution is -2.53. The highest BCUT2D eigenvalue weighted by molar-refractivity contribution is 5.09. The van der Waals surface area contributed by atoms with Crippen molar-refractivity contribution in [3.8, 4) is 0 Å². The summed E-state index contributed by atoms with van der Waals surface area (Å²) in [6, 6.07) is 0. The SMILES string of the molecule is CC.CC.CC12CCC(O)CC1CCC1C2CCC2(C)C(CCCC(O)C(F)(F)F)CC[C@@H]12. The Kier molecular flexibility index (Phi) is 10.2. The molecule has 5 heteroatoms. The van der Waals surface area contributed by atoms with Gasteiger partial charge in [-0.15, -0.1) is 0 Å². The van der Waals surface area contributed by atoms with Crippen molar-refractivity contribution in [3.63, 3.8) is 0 Å². The molecule has 4 saturated carbocycles. The summed E-state index contributed by atoms with van der Waals surface area (Å²) in [6.45, 7) is 12.9. The molecule has 0 amide bonds. The van der Waals surface area contributed by atoms with Crippen molar-refractivity contribution >= 4 is 0 Å². The van der Waals surface area contributed by atoms with Gasteiger partial charge in [-0.1, -0.05) is 48.0 Å². The highest BCUT2D eigenvalue weighted by Gasteiger charge is 2.59. The predicted molar refractivity (Wildman–Crippen MR) is 130 cm³/mol. The van der Waals surface area contributed by atoms with Crippen LogP contribution in [0.1, 0.15) is 119 Å². The number of aliphatic hydroxyl groups is 2. The summed E-state index contributed by atoms with van der Waals surface area (Å²) >= 11 is 0. The molecule has 196 valence electrons. The van der Waals surface area contributed by atoms with Gasteiger partial charge in [0.2, 0.25) is 0 Å². The Morgan fingerprint density at radius 3 is 2.09 bits per heavy atom. The van der Waals surface area contributed by atoms with Crippen LogP contribution in [0, 0.1) is 40.4 Å². The van der Waals surface area contributed by atoms with E-state index in [0.717, 1.165) is 43.9 Å². The fourth-order valence-corrected chi connectivity index (χ4v) is 8.54. The van der Waals surface area contributed by atoms with E-state index in [0.29, 0.717) is 29.6 Å². The molecule has 4 rings (SSSR count). The average Bonchev–Trinajstić information content (AvgIpc) is 3.12. The van der Waals surface area contributed by atoms with Gasteiger partial charge in [-0.2, -0.15) is 13.2 Å². The zero-order valence-electron chi connectivity index (χ0n) is 22.1. The lowest BCUT2D eigenvalue weighted by Gasteiger charge is -2.61. The summed E-state index contributed by atoms with van der Waals surface area (Å²) < 4.78 is 37.8. The van der Waals surface area contributed by atoms with E-state index in [1.54, 1.807) is 0 Å². The van der Waals surface area contributed by atoms with E-state index in [1.807, 2.05) is 27.7 Å². The first kappa shape index (κ1) is 28.9. The lowest BCUT2D eigenvalue weighted by molar-refractivity contribution is -0.205. The molecule has 0 radical (unpaired) electrons. The third-order valence-corrected chi connectivity index (χ3v) is 10.2. The molecule has 4 aliphatic carbocycles. The van der Waals surface area contributed by atoms with Crippen molar-refractivity contribution in [3.05, 3.63) is 0 Å². The van der Waals surface area contributed by atoms with Gasteiger partial charge in [-0.3, -0.25) is 0 Å². The molecule has 33 heavy (non-hydrogen) atoms. The van der Waals surface area contributed by atoms with Crippen molar-refractivity contribution in [2.75, 3.05) is 0 Å². The molecule has 0 aromatic heterocycles. The van der Waals surface area contributed by atoms with Crippen LogP contribution in [0.2, 0.25) is 0 Å². The fraction of sp³-hybridized carbons (Fsp3) is 1.00. The fourth-order valence-electron chi connectivity index (χ4n) is 8.54. The van der Waals surface area contributed by atoms with Gasteiger partial charge in [0.15, 0.2) is 0 Å². The third-order valence-electron chi connectivity index (χ3n) is 10.2. The molecule has 8 unspecified atom stereocenters. The van der Waals surface area contributed by atoms with Crippen molar-refractivity contribution in [1.29, 1.82) is 0 Å². The molecular formula is C28H51F3O2. The first-order valence-corrected chi connectivity index (χ1v) is 14.0. The van der Waals surface area contributed by atoms with Crippen LogP contribution in [0.5, 0.6) is 0 Å². The van der Waals surface area contributed by atoms with Crippen molar-refractivity contribution in [2.24, 2.45) is 40.4 Å². The van der Waals surface area contributed by atoms with Gasteiger partial charge in [0, 0.05) is 0 Å². The Morgan fingerprint density at radius 1 is 0.848 bits per heavy atom. The smallest absolute Gasteiger partial charge is 0.393 e. The minimum absolute atomic E-state index is 0.110. The van der Waals surface area contributed by atoms with Crippen LogP contribution in [0.3, 0.4) is 0 Å². The van der Waals surface area contributed by atoms with Gasteiger partial charge >= 0.3 is 6.18 Å². The maximum atomic E-state index is 12.6. The van der Waals surface area contributed by atoms with Gasteiger partial charge in [0.05, 0.1) is 6.10 Å². The van der Waals surface area contributed by atoms with Gasteiger partial charge in [0.25, 0.3) is 0 Å². The zero-order chi connectivity index (χ0) is 25.0. The van der Waals surface area contributed by atoms with E-state index >= 15 is 0 Å². The van der Waals surface area contributed by atoms with Crippen LogP contribution in [-0.4, -0.2) is 28.6 Å². The molecule has 4 fully saturated rings. The Bertz CT molecular complexity index is 594. The molecule has 2 N–H and O–H groups in total. The monoisotopic (exact) mass is 476 g/mol. The number of alkyl halides is 3. The topological polar surface area (TPSA) is 40.5 Å². The van der Waals surface area contributed by atoms with E-state index in [9.17, 15) is 23.4 Å². The summed E-state index contributed by atoms with van der Waals surface area (Å²) in [5.41, 5.74) is 0.639. The summed E-state index contributed by atoms with van der Waals surface area (Å²) in [5, 5.41) is 19.5. The quantitative estimate of drug-likeness (QED) is 0.430. The Morgan fingerprint density at radius 2 is 1.45 bits per heavy atom. The molecule has 0 saturated heterocycles. The summed E-state index contributed by atoms with van der Waals surface area (Å²) in [7, 11) is 0. The van der Waals surface area contributed by atoms with Crippen molar-refractivity contribution in [1.82, 2.24) is 0 Å². The molecule has 0 aromatic carbocycles. The Hall–Kier alpha value is -0.290. The summed E-state index contributed by atoms with van der Waals surface area (Å²) in [5.74, 6) is 3.41. The number of hydrogen-bond donors (Lipinski definition) is 2. The molecule has 2 nitrogen and oxygen atoms in total. The summed E-state index contributed by atoms with van der Waals surface area (Å²) in [4.78, 5) is 0. The Balaban J connectivity index is 0.000000914. The van der Waals surface area contributed by atoms with Gasteiger partial charge < -0.3 is 10.2 Å². The zero-order valence-corrected chi connectivity index (χ0v) is 22.1. The molecule has 4 aliphatic rings. The molecule has 9 atom stereocenters. The highest BCUT2D eigenvalue weighted by Crippen LogP contribution is 2.67. The largest absolute Gasteiger partial charge is 0.414 e. The first-order chi connectivity index (χ1) is 15.6. The molecule has 0 heterocycles. The summed E-state index contributed by atoms with van der Waals surface area (Å²) in [6.07, 6.45) is 4.80. The number of hydrogen-bond acceptors (Lipinski definition) is 2. The van der Waals surface area contributed by atoms with Gasteiger partial charge in [0.1, 0.15) is 6.10 Å². The van der Waals surface area contributed by atoms with Gasteiger partial charge in [-0.05, 0) is 111 Å². The highest BCUT2D eigenvalue weighted by atomic mass is 19.4. The van der Waals surface area contributed by atoms with E-state index < -0.39 is 12.3 Å². The van der Waals surface area contributed by atoms with Crippen molar-refractivity contribution in [2.45, 2.75) is 137 Å². The van der Waals surface area contributed by atoms with Crippen LogP contribution in [0.25, 0.3) is 0 Å². The first-order valence-electron chi connectivity index (χ1n) is 14.0. The normalized spacial score (nSPS) is 43.0. The van der Waals surface area contributed by atoms with E-state index in [4.69, 9.17) is 0 Å². The number of aliphatic hydroxyl groups excluding tert-OH is 2. The predicted octanol–water partition coefficient (Wildman–Crippen LogP) is 8.15. The second-order valence-corrected chi connectivity index (χ2v) is 11.4. The minimum atomic E-state index is -4.48. The van der Waals surface area contributed by atoms with Crippen LogP contribution in [-0.2, 0) is 0 Å². The standard InChI is InChI=1S/C24H39F3O2.2C2H6/c1-22-13-11-20-18(8-6-16-14-17(28)10-12-23(16,20)2)19(22)9-7-15(22)4-3-5-21(29)24(25,26)27;2*1-2/h15-21,28-29H,3-14H2,1-2H3;2*1-2H3/t15?,16?,17?,18?,19-,20?,21?,22?,23?;;/m0../s1. The second-order valence-electron chi connectivity index (χ2n) is 11.4. The molecule has 0 spiro atoms. The van der Waals surface area contributed by atoms with E-state index in [-0.39, 0.29) is 17.9 Å². The van der Waals surface area contributed by atoms with E-state index in [2.05, 4.69) is 13.8 Å². The number of fused-ring (bicyclic) bond motifs is 5. The van der Waals surface area contributed by atoms with Crippen LogP contribution in [0.4, 0.5) is 13.2 Å². The van der Waals surface area contributed by atoms with Crippen LogP contribution >= 0.6 is 0 Å². The molecular weight excluding hydrogens is 425 g/mol. The van der Waals surface area contributed by atoms with Gasteiger partial charge in [-0.25, -0.2) is 0 Å². The lowest BCUT2D eigenvalue weighted by atomic mass is 9.44. The second kappa shape index (κ2) is 11.6. The molecule has 0 aromatic rings. The van der Waals surface area contributed by atoms with E-state index in [1.165, 1.54) is 32.1 Å². The Labute approximate surface area is 201 Å². The molecule has 0 aliphatic heterocycles. The minimum Gasteiger partial charge on any atom is -0.393 e. The van der Waals surface area contributed by atoms with Crippen molar-refractivity contribution < 1.29 is 23.4 Å². The third kappa shape index (κ3) is 5.76. The maximum absolute atomic E-state index is 12.6. The number of halogens is 3.